The first-order chi connectivity index (χ1) is 14.0. The van der Waals surface area contributed by atoms with Crippen LogP contribution in [-0.4, -0.2) is 18.4 Å². The van der Waals surface area contributed by atoms with Crippen LogP contribution in [0.2, 0.25) is 0 Å². The minimum atomic E-state index is -0.229. The summed E-state index contributed by atoms with van der Waals surface area (Å²) in [6.45, 7) is 4.36. The minimum Gasteiger partial charge on any atom is -0.467 e. The Morgan fingerprint density at radius 3 is 2.48 bits per heavy atom. The van der Waals surface area contributed by atoms with E-state index in [0.717, 1.165) is 5.56 Å². The number of carbonyl (C=O) groups is 2. The molecule has 0 fully saturated rings. The molecule has 0 radical (unpaired) electrons. The summed E-state index contributed by atoms with van der Waals surface area (Å²) in [5.41, 5.74) is 3.30. The molecule has 3 aromatic rings. The van der Waals surface area contributed by atoms with Crippen molar-refractivity contribution < 1.29 is 14.0 Å². The molecule has 29 heavy (non-hydrogen) atoms. The van der Waals surface area contributed by atoms with E-state index in [9.17, 15) is 9.59 Å². The molecule has 0 spiro atoms. The van der Waals surface area contributed by atoms with Crippen LogP contribution < -0.4 is 16.0 Å². The van der Waals surface area contributed by atoms with Crippen molar-refractivity contribution in [3.63, 3.8) is 0 Å². The first kappa shape index (κ1) is 20.2. The van der Waals surface area contributed by atoms with Crippen LogP contribution in [-0.2, 0) is 11.3 Å². The van der Waals surface area contributed by atoms with Gasteiger partial charge in [-0.3, -0.25) is 9.59 Å². The Morgan fingerprint density at radius 1 is 1.00 bits per heavy atom. The van der Waals surface area contributed by atoms with Crippen LogP contribution in [0.25, 0.3) is 0 Å². The lowest BCUT2D eigenvalue weighted by atomic mass is 10.1. The third kappa shape index (κ3) is 5.72. The van der Waals surface area contributed by atoms with Gasteiger partial charge in [0.2, 0.25) is 5.91 Å². The quantitative estimate of drug-likeness (QED) is 0.545. The number of anilines is 1. The van der Waals surface area contributed by atoms with Crippen LogP contribution in [0.4, 0.5) is 5.69 Å². The van der Waals surface area contributed by atoms with E-state index in [1.165, 1.54) is 5.56 Å². The van der Waals surface area contributed by atoms with E-state index in [0.29, 0.717) is 23.6 Å². The van der Waals surface area contributed by atoms with E-state index in [2.05, 4.69) is 16.0 Å². The maximum atomic E-state index is 12.6. The Labute approximate surface area is 170 Å². The summed E-state index contributed by atoms with van der Waals surface area (Å²) in [4.78, 5) is 24.8. The summed E-state index contributed by atoms with van der Waals surface area (Å²) in [5, 5.41) is 8.83. The topological polar surface area (TPSA) is 83.4 Å². The highest BCUT2D eigenvalue weighted by molar-refractivity contribution is 6.00. The highest BCUT2D eigenvalue weighted by Gasteiger charge is 2.14. The maximum absolute atomic E-state index is 12.6. The van der Waals surface area contributed by atoms with E-state index in [1.54, 1.807) is 30.5 Å². The second-order valence-corrected chi connectivity index (χ2v) is 6.87. The summed E-state index contributed by atoms with van der Waals surface area (Å²) in [6, 6.07) is 18.5. The number of amides is 2. The van der Waals surface area contributed by atoms with Crippen molar-refractivity contribution in [3.8, 4) is 0 Å². The molecule has 3 N–H and O–H groups in total. The van der Waals surface area contributed by atoms with Crippen molar-refractivity contribution in [2.24, 2.45) is 0 Å². The van der Waals surface area contributed by atoms with Gasteiger partial charge in [-0.25, -0.2) is 0 Å². The highest BCUT2D eigenvalue weighted by atomic mass is 16.3. The van der Waals surface area contributed by atoms with E-state index in [1.807, 2.05) is 50.2 Å². The summed E-state index contributed by atoms with van der Waals surface area (Å²) in [6.07, 6.45) is 1.57. The van der Waals surface area contributed by atoms with Gasteiger partial charge in [-0.15, -0.1) is 0 Å². The molecule has 1 atom stereocenters. The molecular weight excluding hydrogens is 366 g/mol. The smallest absolute Gasteiger partial charge is 0.253 e. The van der Waals surface area contributed by atoms with Gasteiger partial charge in [-0.2, -0.15) is 0 Å². The fraction of sp³-hybridized carbons (Fsp3) is 0.217. The molecule has 150 valence electrons. The lowest BCUT2D eigenvalue weighted by molar-refractivity contribution is -0.120. The van der Waals surface area contributed by atoms with Crippen molar-refractivity contribution in [2.75, 3.05) is 11.9 Å². The maximum Gasteiger partial charge on any atom is 0.253 e. The summed E-state index contributed by atoms with van der Waals surface area (Å²) >= 11 is 0. The number of benzene rings is 2. The standard InChI is InChI=1S/C23H25N3O3/c1-16-9-11-18(12-10-16)14-25-23(28)19-6-3-4-7-20(19)24-15-22(27)26-17(2)21-8-5-13-29-21/h3-13,17,24H,14-15H2,1-2H3,(H,25,28)(H,26,27). The summed E-state index contributed by atoms with van der Waals surface area (Å²) in [5.74, 6) is 0.302. The number of nitrogens with one attached hydrogen (secondary N) is 3. The van der Waals surface area contributed by atoms with Gasteiger partial charge in [0.1, 0.15) is 5.76 Å². The van der Waals surface area contributed by atoms with Gasteiger partial charge in [-0.1, -0.05) is 42.0 Å². The van der Waals surface area contributed by atoms with Crippen LogP contribution in [0.3, 0.4) is 0 Å². The Balaban J connectivity index is 1.55. The Kier molecular flexibility index (Phi) is 6.68. The third-order valence-electron chi connectivity index (χ3n) is 4.53. The third-order valence-corrected chi connectivity index (χ3v) is 4.53. The van der Waals surface area contributed by atoms with Crippen molar-refractivity contribution >= 4 is 17.5 Å². The van der Waals surface area contributed by atoms with E-state index in [4.69, 9.17) is 4.42 Å². The predicted octanol–water partition coefficient (Wildman–Crippen LogP) is 3.81. The molecule has 0 aliphatic rings. The number of hydrogen-bond acceptors (Lipinski definition) is 4. The van der Waals surface area contributed by atoms with Crippen LogP contribution in [0, 0.1) is 6.92 Å². The second kappa shape index (κ2) is 9.59. The largest absolute Gasteiger partial charge is 0.467 e. The van der Waals surface area contributed by atoms with Gasteiger partial charge in [-0.05, 0) is 43.7 Å². The van der Waals surface area contributed by atoms with Crippen LogP contribution in [0.5, 0.6) is 0 Å². The summed E-state index contributed by atoms with van der Waals surface area (Å²) < 4.78 is 5.29. The van der Waals surface area contributed by atoms with Crippen molar-refractivity contribution in [1.82, 2.24) is 10.6 Å². The molecule has 1 unspecified atom stereocenters. The van der Waals surface area contributed by atoms with Gasteiger partial charge >= 0.3 is 0 Å². The van der Waals surface area contributed by atoms with Gasteiger partial charge in [0.25, 0.3) is 5.91 Å². The normalized spacial score (nSPS) is 11.5. The number of para-hydroxylation sites is 1. The molecule has 1 aromatic heterocycles. The van der Waals surface area contributed by atoms with Gasteiger partial charge in [0.15, 0.2) is 0 Å². The van der Waals surface area contributed by atoms with Gasteiger partial charge < -0.3 is 20.4 Å². The van der Waals surface area contributed by atoms with Gasteiger partial charge in [0, 0.05) is 12.2 Å². The fourth-order valence-electron chi connectivity index (χ4n) is 2.90. The number of carbonyl (C=O) groups excluding carboxylic acids is 2. The lowest BCUT2D eigenvalue weighted by Crippen LogP contribution is -2.32. The predicted molar refractivity (Wildman–Crippen MR) is 113 cm³/mol. The van der Waals surface area contributed by atoms with Gasteiger partial charge in [0.05, 0.1) is 24.4 Å². The molecule has 2 amide bonds. The van der Waals surface area contributed by atoms with Crippen molar-refractivity contribution in [1.29, 1.82) is 0 Å². The first-order valence-electron chi connectivity index (χ1n) is 9.52. The zero-order valence-electron chi connectivity index (χ0n) is 16.6. The minimum absolute atomic E-state index is 0.0489. The van der Waals surface area contributed by atoms with E-state index >= 15 is 0 Å². The molecule has 0 bridgehead atoms. The van der Waals surface area contributed by atoms with Crippen LogP contribution in [0.15, 0.2) is 71.3 Å². The molecule has 3 rings (SSSR count). The van der Waals surface area contributed by atoms with Crippen LogP contribution >= 0.6 is 0 Å². The van der Waals surface area contributed by atoms with Crippen LogP contribution in [0.1, 0.15) is 40.2 Å². The number of rotatable bonds is 8. The average Bonchev–Trinajstić information content (AvgIpc) is 3.27. The molecule has 6 nitrogen and oxygen atoms in total. The Bertz CT molecular complexity index is 950. The molecular formula is C23H25N3O3. The Morgan fingerprint density at radius 2 is 1.76 bits per heavy atom. The number of aryl methyl sites for hydroxylation is 1. The molecule has 6 heteroatoms. The monoisotopic (exact) mass is 391 g/mol. The average molecular weight is 391 g/mol. The van der Waals surface area contributed by atoms with Crippen molar-refractivity contribution in [3.05, 3.63) is 89.4 Å². The fourth-order valence-corrected chi connectivity index (χ4v) is 2.90. The zero-order chi connectivity index (χ0) is 20.6. The van der Waals surface area contributed by atoms with E-state index < -0.39 is 0 Å². The second-order valence-electron chi connectivity index (χ2n) is 6.87. The zero-order valence-corrected chi connectivity index (χ0v) is 16.6. The molecule has 0 saturated heterocycles. The molecule has 1 heterocycles. The van der Waals surface area contributed by atoms with E-state index in [-0.39, 0.29) is 24.4 Å². The van der Waals surface area contributed by atoms with Crippen molar-refractivity contribution in [2.45, 2.75) is 26.4 Å². The SMILES string of the molecule is Cc1ccc(CNC(=O)c2ccccc2NCC(=O)NC(C)c2ccco2)cc1. The lowest BCUT2D eigenvalue weighted by Gasteiger charge is -2.14. The first-order valence-corrected chi connectivity index (χ1v) is 9.52. The summed E-state index contributed by atoms with van der Waals surface area (Å²) in [7, 11) is 0. The molecule has 2 aromatic carbocycles. The number of furan rings is 1. The molecule has 0 aliphatic heterocycles. The Hall–Kier alpha value is -3.54. The highest BCUT2D eigenvalue weighted by Crippen LogP contribution is 2.16. The number of hydrogen-bond donors (Lipinski definition) is 3. The molecule has 0 aliphatic carbocycles. The molecule has 0 saturated carbocycles.